The molecule has 0 radical (unpaired) electrons. The Bertz CT molecular complexity index is 587. The Hall–Kier alpha value is -1.69. The van der Waals surface area contributed by atoms with Crippen molar-refractivity contribution in [2.45, 2.75) is 20.3 Å². The van der Waals surface area contributed by atoms with Crippen molar-refractivity contribution < 1.29 is 9.13 Å². The number of hydrogen-bond donors (Lipinski definition) is 1. The van der Waals surface area contributed by atoms with Crippen molar-refractivity contribution in [1.29, 1.82) is 0 Å². The number of aromatic nitrogens is 2. The van der Waals surface area contributed by atoms with E-state index in [1.807, 2.05) is 6.92 Å². The number of nitrogens with one attached hydrogen (secondary N) is 1. The topological polar surface area (TPSA) is 47.0 Å². The molecule has 0 fully saturated rings. The molecule has 0 spiro atoms. The molecule has 0 aliphatic rings. The number of rotatable bonds is 5. The molecule has 2 rings (SSSR count). The predicted octanol–water partition coefficient (Wildman–Crippen LogP) is 4.30. The smallest absolute Gasteiger partial charge is 0.226 e. The molecule has 0 atom stereocenters. The molecule has 1 aromatic carbocycles. The third-order valence-corrected chi connectivity index (χ3v) is 2.88. The summed E-state index contributed by atoms with van der Waals surface area (Å²) in [6, 6.07) is 6.06. The fourth-order valence-electron chi connectivity index (χ4n) is 1.62. The molecule has 0 aliphatic heterocycles. The summed E-state index contributed by atoms with van der Waals surface area (Å²) in [5.74, 6) is 0.909. The lowest BCUT2D eigenvalue weighted by Crippen LogP contribution is -2.05. The molecule has 106 valence electrons. The monoisotopic (exact) mass is 339 g/mol. The van der Waals surface area contributed by atoms with Gasteiger partial charge in [-0.3, -0.25) is 0 Å². The van der Waals surface area contributed by atoms with Gasteiger partial charge in [0.05, 0.1) is 0 Å². The normalized spacial score (nSPS) is 10.4. The molecule has 2 aromatic rings. The fourth-order valence-corrected chi connectivity index (χ4v) is 2.06. The van der Waals surface area contributed by atoms with Gasteiger partial charge in [0.15, 0.2) is 0 Å². The minimum atomic E-state index is -0.371. The first-order valence-corrected chi connectivity index (χ1v) is 7.09. The summed E-state index contributed by atoms with van der Waals surface area (Å²) in [5, 5.41) is 3.10. The number of ether oxygens (including phenoxy) is 1. The second-order valence-electron chi connectivity index (χ2n) is 4.31. The zero-order chi connectivity index (χ0) is 14.5. The molecule has 0 saturated heterocycles. The van der Waals surface area contributed by atoms with Crippen LogP contribution in [0.15, 0.2) is 28.7 Å². The van der Waals surface area contributed by atoms with Gasteiger partial charge in [-0.25, -0.2) is 9.37 Å². The van der Waals surface area contributed by atoms with E-state index >= 15 is 0 Å². The van der Waals surface area contributed by atoms with Gasteiger partial charge in [0.25, 0.3) is 0 Å². The van der Waals surface area contributed by atoms with Gasteiger partial charge in [-0.1, -0.05) is 22.9 Å². The zero-order valence-electron chi connectivity index (χ0n) is 11.3. The summed E-state index contributed by atoms with van der Waals surface area (Å²) in [7, 11) is 0. The van der Waals surface area contributed by atoms with Crippen LogP contribution in [-0.4, -0.2) is 16.5 Å². The first-order chi connectivity index (χ1) is 9.56. The average Bonchev–Trinajstić information content (AvgIpc) is 2.34. The van der Waals surface area contributed by atoms with Crippen LogP contribution in [0.5, 0.6) is 11.6 Å². The van der Waals surface area contributed by atoms with E-state index in [1.54, 1.807) is 12.1 Å². The number of halogens is 2. The SMILES string of the molecule is CCCNc1nc(C)cc(Oc2cc(F)cc(Br)c2)n1. The maximum absolute atomic E-state index is 13.3. The summed E-state index contributed by atoms with van der Waals surface area (Å²) in [6.45, 7) is 4.70. The van der Waals surface area contributed by atoms with Crippen molar-refractivity contribution in [3.8, 4) is 11.6 Å². The standard InChI is InChI=1S/C14H15BrFN3O/c1-3-4-17-14-18-9(2)5-13(19-14)20-12-7-10(15)6-11(16)8-12/h5-8H,3-4H2,1-2H3,(H,17,18,19). The van der Waals surface area contributed by atoms with Gasteiger partial charge in [0.1, 0.15) is 11.6 Å². The van der Waals surface area contributed by atoms with Crippen LogP contribution in [0.1, 0.15) is 19.0 Å². The lowest BCUT2D eigenvalue weighted by molar-refractivity contribution is 0.456. The Balaban J connectivity index is 2.21. The van der Waals surface area contributed by atoms with Crippen molar-refractivity contribution >= 4 is 21.9 Å². The van der Waals surface area contributed by atoms with Crippen molar-refractivity contribution in [2.24, 2.45) is 0 Å². The van der Waals surface area contributed by atoms with E-state index < -0.39 is 0 Å². The third-order valence-electron chi connectivity index (χ3n) is 2.42. The van der Waals surface area contributed by atoms with Crippen LogP contribution >= 0.6 is 15.9 Å². The summed E-state index contributed by atoms with van der Waals surface area (Å²) in [4.78, 5) is 8.51. The number of hydrogen-bond acceptors (Lipinski definition) is 4. The molecule has 0 bridgehead atoms. The predicted molar refractivity (Wildman–Crippen MR) is 79.7 cm³/mol. The van der Waals surface area contributed by atoms with Gasteiger partial charge in [0, 0.05) is 28.8 Å². The van der Waals surface area contributed by atoms with Crippen molar-refractivity contribution in [1.82, 2.24) is 9.97 Å². The molecular weight excluding hydrogens is 325 g/mol. The van der Waals surface area contributed by atoms with Crippen LogP contribution in [0.4, 0.5) is 10.3 Å². The van der Waals surface area contributed by atoms with Crippen LogP contribution in [0.25, 0.3) is 0 Å². The van der Waals surface area contributed by atoms with Gasteiger partial charge >= 0.3 is 0 Å². The third kappa shape index (κ3) is 4.16. The maximum Gasteiger partial charge on any atom is 0.226 e. The average molecular weight is 340 g/mol. The fraction of sp³-hybridized carbons (Fsp3) is 0.286. The minimum Gasteiger partial charge on any atom is -0.439 e. The van der Waals surface area contributed by atoms with E-state index in [1.165, 1.54) is 12.1 Å². The number of nitrogens with zero attached hydrogens (tertiary/aromatic N) is 2. The first kappa shape index (κ1) is 14.7. The van der Waals surface area contributed by atoms with Crippen LogP contribution in [0.3, 0.4) is 0 Å². The quantitative estimate of drug-likeness (QED) is 0.882. The lowest BCUT2D eigenvalue weighted by atomic mass is 10.3. The van der Waals surface area contributed by atoms with E-state index in [2.05, 4.69) is 38.1 Å². The molecule has 0 saturated carbocycles. The number of aryl methyl sites for hydroxylation is 1. The van der Waals surface area contributed by atoms with E-state index in [0.29, 0.717) is 22.1 Å². The summed E-state index contributed by atoms with van der Waals surface area (Å²) >= 11 is 3.22. The van der Waals surface area contributed by atoms with E-state index in [4.69, 9.17) is 4.74 Å². The molecule has 0 unspecified atom stereocenters. The lowest BCUT2D eigenvalue weighted by Gasteiger charge is -2.09. The molecule has 20 heavy (non-hydrogen) atoms. The Morgan fingerprint density at radius 1 is 1.25 bits per heavy atom. The maximum atomic E-state index is 13.3. The van der Waals surface area contributed by atoms with Gasteiger partial charge in [-0.2, -0.15) is 4.98 Å². The molecule has 6 heteroatoms. The molecule has 0 amide bonds. The summed E-state index contributed by atoms with van der Waals surface area (Å²) in [5.41, 5.74) is 0.782. The Labute approximate surface area is 125 Å². The largest absolute Gasteiger partial charge is 0.439 e. The Morgan fingerprint density at radius 2 is 2.05 bits per heavy atom. The molecule has 1 aromatic heterocycles. The van der Waals surface area contributed by atoms with Crippen LogP contribution < -0.4 is 10.1 Å². The summed E-state index contributed by atoms with van der Waals surface area (Å²) < 4.78 is 19.5. The summed E-state index contributed by atoms with van der Waals surface area (Å²) in [6.07, 6.45) is 0.977. The first-order valence-electron chi connectivity index (χ1n) is 6.30. The number of benzene rings is 1. The van der Waals surface area contributed by atoms with Gasteiger partial charge in [0.2, 0.25) is 11.8 Å². The molecule has 1 N–H and O–H groups in total. The minimum absolute atomic E-state index is 0.371. The van der Waals surface area contributed by atoms with Crippen molar-refractivity contribution in [2.75, 3.05) is 11.9 Å². The second-order valence-corrected chi connectivity index (χ2v) is 5.22. The Kier molecular flexibility index (Phi) is 4.89. The van der Waals surface area contributed by atoms with Crippen LogP contribution in [0, 0.1) is 12.7 Å². The van der Waals surface area contributed by atoms with Crippen LogP contribution in [0.2, 0.25) is 0 Å². The van der Waals surface area contributed by atoms with Crippen molar-refractivity contribution in [3.63, 3.8) is 0 Å². The highest BCUT2D eigenvalue weighted by Crippen LogP contribution is 2.25. The molecular formula is C14H15BrFN3O. The molecule has 4 nitrogen and oxygen atoms in total. The van der Waals surface area contributed by atoms with E-state index in [9.17, 15) is 4.39 Å². The zero-order valence-corrected chi connectivity index (χ0v) is 12.9. The van der Waals surface area contributed by atoms with Gasteiger partial charge < -0.3 is 10.1 Å². The molecule has 0 aliphatic carbocycles. The van der Waals surface area contributed by atoms with Gasteiger partial charge in [-0.15, -0.1) is 0 Å². The number of anilines is 1. The highest BCUT2D eigenvalue weighted by molar-refractivity contribution is 9.10. The van der Waals surface area contributed by atoms with E-state index in [0.717, 1.165) is 18.7 Å². The molecule has 1 heterocycles. The van der Waals surface area contributed by atoms with Gasteiger partial charge in [-0.05, 0) is 25.5 Å². The van der Waals surface area contributed by atoms with E-state index in [-0.39, 0.29) is 5.82 Å². The van der Waals surface area contributed by atoms with Crippen LogP contribution in [-0.2, 0) is 0 Å². The highest BCUT2D eigenvalue weighted by atomic mass is 79.9. The second kappa shape index (κ2) is 6.65. The highest BCUT2D eigenvalue weighted by Gasteiger charge is 2.06. The Morgan fingerprint density at radius 3 is 2.75 bits per heavy atom. The van der Waals surface area contributed by atoms with Crippen molar-refractivity contribution in [3.05, 3.63) is 40.2 Å².